The van der Waals surface area contributed by atoms with E-state index in [0.29, 0.717) is 35.1 Å². The molecule has 1 atom stereocenters. The number of carbonyl (C=O) groups excluding carboxylic acids is 2. The second-order valence-electron chi connectivity index (χ2n) is 8.78. The topological polar surface area (TPSA) is 100 Å². The van der Waals surface area contributed by atoms with E-state index in [9.17, 15) is 14.4 Å². The summed E-state index contributed by atoms with van der Waals surface area (Å²) in [4.78, 5) is 51.4. The van der Waals surface area contributed by atoms with Gasteiger partial charge in [-0.1, -0.05) is 29.5 Å². The van der Waals surface area contributed by atoms with Crippen molar-refractivity contribution in [1.29, 1.82) is 0 Å². The number of nitrogens with one attached hydrogen (secondary N) is 1. The number of aryl methyl sites for hydroxylation is 1. The number of para-hydroxylation sites is 1. The maximum atomic E-state index is 13.2. The number of anilines is 2. The van der Waals surface area contributed by atoms with Gasteiger partial charge in [0.05, 0.1) is 5.92 Å². The van der Waals surface area contributed by atoms with Gasteiger partial charge in [0.2, 0.25) is 11.8 Å². The first-order valence-corrected chi connectivity index (χ1v) is 12.6. The highest BCUT2D eigenvalue weighted by Gasteiger charge is 2.28. The summed E-state index contributed by atoms with van der Waals surface area (Å²) in [6.07, 6.45) is 5.01. The Kier molecular flexibility index (Phi) is 6.32. The van der Waals surface area contributed by atoms with E-state index in [0.717, 1.165) is 43.5 Å². The van der Waals surface area contributed by atoms with Crippen LogP contribution in [-0.4, -0.2) is 52.5 Å². The molecule has 10 heteroatoms. The number of amides is 2. The van der Waals surface area contributed by atoms with Gasteiger partial charge in [-0.05, 0) is 44.2 Å². The number of nitrogens with zero attached hydrogens (tertiary/aromatic N) is 5. The molecule has 2 aromatic heterocycles. The highest BCUT2D eigenvalue weighted by Crippen LogP contribution is 2.30. The second-order valence-corrected chi connectivity index (χ2v) is 9.76. The minimum absolute atomic E-state index is 0.0617. The number of rotatable bonds is 5. The van der Waals surface area contributed by atoms with Crippen molar-refractivity contribution in [3.63, 3.8) is 0 Å². The van der Waals surface area contributed by atoms with Crippen LogP contribution in [0.3, 0.4) is 0 Å². The molecule has 4 heterocycles. The fourth-order valence-electron chi connectivity index (χ4n) is 4.79. The molecule has 2 aliphatic rings. The average molecular weight is 481 g/mol. The van der Waals surface area contributed by atoms with Gasteiger partial charge in [0.25, 0.3) is 5.56 Å². The molecule has 0 radical (unpaired) electrons. The lowest BCUT2D eigenvalue weighted by atomic mass is 9.97. The number of hydrogen-bond donors (Lipinski definition) is 1. The molecule has 9 nitrogen and oxygen atoms in total. The second kappa shape index (κ2) is 9.54. The number of fused-ring (bicyclic) bond motifs is 2. The molecule has 2 aliphatic heterocycles. The Bertz CT molecular complexity index is 1290. The molecule has 1 aromatic carbocycles. The zero-order valence-corrected chi connectivity index (χ0v) is 20.0. The average Bonchev–Trinajstić information content (AvgIpc) is 3.31. The molecule has 3 aromatic rings. The monoisotopic (exact) mass is 480 g/mol. The third-order valence-corrected chi connectivity index (χ3v) is 7.60. The van der Waals surface area contributed by atoms with Crippen molar-refractivity contribution in [3.8, 4) is 0 Å². The lowest BCUT2D eigenvalue weighted by Crippen LogP contribution is -2.43. The Labute approximate surface area is 201 Å². The van der Waals surface area contributed by atoms with E-state index in [1.54, 1.807) is 4.90 Å². The predicted octanol–water partition coefficient (Wildman–Crippen LogP) is 2.18. The van der Waals surface area contributed by atoms with Crippen molar-refractivity contribution < 1.29 is 9.59 Å². The van der Waals surface area contributed by atoms with Crippen molar-refractivity contribution in [3.05, 3.63) is 46.5 Å². The molecule has 1 N–H and O–H groups in total. The fraction of sp³-hybridized carbons (Fsp3) is 0.458. The highest BCUT2D eigenvalue weighted by atomic mass is 32.1. The molecule has 178 valence electrons. The first kappa shape index (κ1) is 22.5. The van der Waals surface area contributed by atoms with Gasteiger partial charge < -0.3 is 15.1 Å². The van der Waals surface area contributed by atoms with Crippen LogP contribution in [0.5, 0.6) is 0 Å². The molecule has 1 fully saturated rings. The Morgan fingerprint density at radius 2 is 2.06 bits per heavy atom. The quantitative estimate of drug-likeness (QED) is 0.601. The van der Waals surface area contributed by atoms with Crippen LogP contribution < -0.4 is 20.7 Å². The van der Waals surface area contributed by atoms with Crippen LogP contribution in [0.4, 0.5) is 10.8 Å². The largest absolute Gasteiger partial charge is 0.356 e. The molecular formula is C24H28N6O3S. The molecule has 0 saturated carbocycles. The first-order valence-electron chi connectivity index (χ1n) is 11.8. The minimum Gasteiger partial charge on any atom is -0.356 e. The summed E-state index contributed by atoms with van der Waals surface area (Å²) in [6, 6.07) is 7.92. The Morgan fingerprint density at radius 1 is 1.21 bits per heavy atom. The van der Waals surface area contributed by atoms with E-state index in [4.69, 9.17) is 0 Å². The van der Waals surface area contributed by atoms with Crippen LogP contribution in [0.1, 0.15) is 31.7 Å². The zero-order chi connectivity index (χ0) is 23.7. The van der Waals surface area contributed by atoms with Crippen LogP contribution in [0.2, 0.25) is 0 Å². The lowest BCUT2D eigenvalue weighted by Gasteiger charge is -2.31. The Hall–Kier alpha value is -3.27. The van der Waals surface area contributed by atoms with Crippen molar-refractivity contribution in [1.82, 2.24) is 19.9 Å². The molecule has 0 aliphatic carbocycles. The molecular weight excluding hydrogens is 452 g/mol. The third-order valence-electron chi connectivity index (χ3n) is 6.50. The van der Waals surface area contributed by atoms with E-state index >= 15 is 0 Å². The van der Waals surface area contributed by atoms with Crippen LogP contribution in [-0.2, 0) is 22.6 Å². The molecule has 0 bridgehead atoms. The van der Waals surface area contributed by atoms with Gasteiger partial charge in [-0.25, -0.2) is 4.98 Å². The summed E-state index contributed by atoms with van der Waals surface area (Å²) in [5.74, 6) is -0.150. The van der Waals surface area contributed by atoms with Crippen LogP contribution >= 0.6 is 11.3 Å². The number of piperidine rings is 1. The Morgan fingerprint density at radius 3 is 2.91 bits per heavy atom. The molecule has 1 saturated heterocycles. The van der Waals surface area contributed by atoms with E-state index in [-0.39, 0.29) is 29.8 Å². The van der Waals surface area contributed by atoms with Crippen LogP contribution in [0.25, 0.3) is 10.3 Å². The summed E-state index contributed by atoms with van der Waals surface area (Å²) in [5.41, 5.74) is 2.21. The lowest BCUT2D eigenvalue weighted by molar-refractivity contribution is -0.125. The van der Waals surface area contributed by atoms with Crippen molar-refractivity contribution in [2.24, 2.45) is 5.92 Å². The first-order chi connectivity index (χ1) is 16.5. The summed E-state index contributed by atoms with van der Waals surface area (Å²) in [6.45, 7) is 4.47. The normalized spacial score (nSPS) is 18.1. The molecule has 0 unspecified atom stereocenters. The highest BCUT2D eigenvalue weighted by molar-refractivity contribution is 7.22. The SMILES string of the molecule is CCNC(=O)[C@H]1CCCN(c2nc3ncn(CC(=O)N4CCCc5ccccc54)c(=O)c3s2)C1. The van der Waals surface area contributed by atoms with Gasteiger partial charge in [-0.2, -0.15) is 4.98 Å². The van der Waals surface area contributed by atoms with Gasteiger partial charge in [0.15, 0.2) is 10.8 Å². The van der Waals surface area contributed by atoms with Crippen LogP contribution in [0, 0.1) is 5.92 Å². The summed E-state index contributed by atoms with van der Waals surface area (Å²) >= 11 is 1.29. The van der Waals surface area contributed by atoms with Gasteiger partial charge in [-0.15, -0.1) is 0 Å². The fourth-order valence-corrected chi connectivity index (χ4v) is 5.79. The number of benzene rings is 1. The summed E-state index contributed by atoms with van der Waals surface area (Å²) < 4.78 is 1.81. The smallest absolute Gasteiger partial charge is 0.273 e. The van der Waals surface area contributed by atoms with Crippen molar-refractivity contribution >= 4 is 44.3 Å². The van der Waals surface area contributed by atoms with Gasteiger partial charge in [-0.3, -0.25) is 19.0 Å². The maximum Gasteiger partial charge on any atom is 0.273 e. The minimum atomic E-state index is -0.260. The van der Waals surface area contributed by atoms with Gasteiger partial charge >= 0.3 is 0 Å². The Balaban J connectivity index is 1.36. The molecule has 5 rings (SSSR count). The van der Waals surface area contributed by atoms with Gasteiger partial charge in [0.1, 0.15) is 17.6 Å². The number of carbonyl (C=O) groups is 2. The number of hydrogen-bond acceptors (Lipinski definition) is 7. The van der Waals surface area contributed by atoms with Crippen molar-refractivity contribution in [2.45, 2.75) is 39.2 Å². The van der Waals surface area contributed by atoms with Crippen LogP contribution in [0.15, 0.2) is 35.4 Å². The van der Waals surface area contributed by atoms with Gasteiger partial charge in [0, 0.05) is 31.9 Å². The standard InChI is InChI=1S/C24H28N6O3S/c1-2-25-22(32)17-9-5-11-28(13-17)24-27-21-20(34-24)23(33)29(15-26-21)14-19(31)30-12-6-8-16-7-3-4-10-18(16)30/h3-4,7,10,15,17H,2,5-6,8-9,11-14H2,1H3,(H,25,32)/t17-/m0/s1. The molecule has 0 spiro atoms. The van der Waals surface area contributed by atoms with E-state index in [1.807, 2.05) is 31.2 Å². The number of thiazole rings is 1. The summed E-state index contributed by atoms with van der Waals surface area (Å²) in [7, 11) is 0. The van der Waals surface area contributed by atoms with E-state index in [1.165, 1.54) is 22.2 Å². The predicted molar refractivity (Wildman–Crippen MR) is 132 cm³/mol. The zero-order valence-electron chi connectivity index (χ0n) is 19.2. The summed E-state index contributed by atoms with van der Waals surface area (Å²) in [5, 5.41) is 3.59. The van der Waals surface area contributed by atoms with Crippen molar-refractivity contribution in [2.75, 3.05) is 36.0 Å². The van der Waals surface area contributed by atoms with E-state index < -0.39 is 0 Å². The van der Waals surface area contributed by atoms with E-state index in [2.05, 4.69) is 20.2 Å². The molecule has 34 heavy (non-hydrogen) atoms. The maximum absolute atomic E-state index is 13.2. The molecule has 2 amide bonds. The third kappa shape index (κ3) is 4.29. The number of aromatic nitrogens is 3.